The van der Waals surface area contributed by atoms with E-state index in [1.165, 1.54) is 6.20 Å². The van der Waals surface area contributed by atoms with E-state index < -0.39 is 0 Å². The molecule has 1 aromatic heterocycles. The van der Waals surface area contributed by atoms with E-state index in [0.717, 1.165) is 6.42 Å². The highest BCUT2D eigenvalue weighted by Gasteiger charge is 2.02. The molecular formula is C12H19N3O4. The van der Waals surface area contributed by atoms with Crippen LogP contribution in [-0.2, 0) is 9.47 Å². The van der Waals surface area contributed by atoms with Gasteiger partial charge in [0, 0.05) is 38.2 Å². The van der Waals surface area contributed by atoms with Crippen molar-refractivity contribution in [3.8, 4) is 5.88 Å². The van der Waals surface area contributed by atoms with E-state index in [-0.39, 0.29) is 5.84 Å². The minimum Gasteiger partial charge on any atom is -0.475 e. The molecule has 0 saturated carbocycles. The Bertz CT molecular complexity index is 398. The highest BCUT2D eigenvalue weighted by atomic mass is 16.5. The van der Waals surface area contributed by atoms with Crippen LogP contribution in [0.4, 0.5) is 0 Å². The zero-order valence-corrected chi connectivity index (χ0v) is 10.9. The molecular weight excluding hydrogens is 250 g/mol. The molecule has 0 unspecified atom stereocenters. The van der Waals surface area contributed by atoms with Gasteiger partial charge in [0.15, 0.2) is 5.84 Å². The van der Waals surface area contributed by atoms with Crippen LogP contribution >= 0.6 is 0 Å². The van der Waals surface area contributed by atoms with E-state index in [0.29, 0.717) is 37.9 Å². The number of rotatable bonds is 9. The molecule has 0 saturated heterocycles. The Hall–Kier alpha value is -1.86. The largest absolute Gasteiger partial charge is 0.475 e. The van der Waals surface area contributed by atoms with Gasteiger partial charge in [0.05, 0.1) is 6.61 Å². The summed E-state index contributed by atoms with van der Waals surface area (Å²) in [6.45, 7) is 2.18. The fourth-order valence-electron chi connectivity index (χ4n) is 1.32. The molecule has 0 aromatic carbocycles. The third-order valence-corrected chi connectivity index (χ3v) is 2.25. The first-order chi connectivity index (χ1) is 9.27. The van der Waals surface area contributed by atoms with Crippen molar-refractivity contribution in [2.24, 2.45) is 10.9 Å². The number of amidine groups is 1. The Morgan fingerprint density at radius 2 is 2.21 bits per heavy atom. The SMILES string of the molecule is COCCCOCCOc1cc(/C(N)=N/O)ccn1. The fraction of sp³-hybridized carbons (Fsp3) is 0.500. The average Bonchev–Trinajstić information content (AvgIpc) is 2.46. The van der Waals surface area contributed by atoms with Gasteiger partial charge in [0.25, 0.3) is 0 Å². The predicted octanol–water partition coefficient (Wildman–Crippen LogP) is 0.608. The van der Waals surface area contributed by atoms with Crippen LogP contribution in [0.3, 0.4) is 0 Å². The van der Waals surface area contributed by atoms with Gasteiger partial charge in [-0.2, -0.15) is 0 Å². The van der Waals surface area contributed by atoms with Crippen LogP contribution in [0, 0.1) is 0 Å². The first kappa shape index (κ1) is 15.2. The summed E-state index contributed by atoms with van der Waals surface area (Å²) in [5.41, 5.74) is 6.02. The number of pyridine rings is 1. The van der Waals surface area contributed by atoms with Crippen LogP contribution in [0.5, 0.6) is 5.88 Å². The lowest BCUT2D eigenvalue weighted by Gasteiger charge is -2.07. The molecule has 0 amide bonds. The quantitative estimate of drug-likeness (QED) is 0.224. The maximum absolute atomic E-state index is 8.57. The molecule has 0 fully saturated rings. The van der Waals surface area contributed by atoms with Gasteiger partial charge in [-0.1, -0.05) is 5.16 Å². The van der Waals surface area contributed by atoms with Gasteiger partial charge in [-0.3, -0.25) is 0 Å². The Labute approximate surface area is 112 Å². The maximum Gasteiger partial charge on any atom is 0.213 e. The molecule has 7 nitrogen and oxygen atoms in total. The normalized spacial score (nSPS) is 11.5. The maximum atomic E-state index is 8.57. The highest BCUT2D eigenvalue weighted by Crippen LogP contribution is 2.08. The lowest BCUT2D eigenvalue weighted by atomic mass is 10.2. The molecule has 0 radical (unpaired) electrons. The zero-order valence-electron chi connectivity index (χ0n) is 10.9. The Kier molecular flexibility index (Phi) is 7.30. The number of oxime groups is 1. The van der Waals surface area contributed by atoms with Crippen LogP contribution in [0.1, 0.15) is 12.0 Å². The molecule has 0 spiro atoms. The molecule has 0 aliphatic carbocycles. The lowest BCUT2D eigenvalue weighted by Crippen LogP contribution is -2.14. The van der Waals surface area contributed by atoms with Crippen molar-refractivity contribution in [1.29, 1.82) is 0 Å². The van der Waals surface area contributed by atoms with Gasteiger partial charge >= 0.3 is 0 Å². The van der Waals surface area contributed by atoms with E-state index >= 15 is 0 Å². The van der Waals surface area contributed by atoms with E-state index in [2.05, 4.69) is 10.1 Å². The minimum atomic E-state index is 0.0167. The van der Waals surface area contributed by atoms with Crippen molar-refractivity contribution in [2.45, 2.75) is 6.42 Å². The third kappa shape index (κ3) is 6.03. The van der Waals surface area contributed by atoms with Crippen LogP contribution in [0.15, 0.2) is 23.5 Å². The molecule has 106 valence electrons. The lowest BCUT2D eigenvalue weighted by molar-refractivity contribution is 0.0795. The van der Waals surface area contributed by atoms with Crippen LogP contribution in [-0.4, -0.2) is 49.6 Å². The van der Waals surface area contributed by atoms with Crippen molar-refractivity contribution >= 4 is 5.84 Å². The summed E-state index contributed by atoms with van der Waals surface area (Å²) < 4.78 is 15.6. The van der Waals surface area contributed by atoms with Gasteiger partial charge < -0.3 is 25.2 Å². The minimum absolute atomic E-state index is 0.0167. The van der Waals surface area contributed by atoms with Crippen molar-refractivity contribution in [3.63, 3.8) is 0 Å². The monoisotopic (exact) mass is 269 g/mol. The molecule has 3 N–H and O–H groups in total. The summed E-state index contributed by atoms with van der Waals surface area (Å²) >= 11 is 0. The molecule has 19 heavy (non-hydrogen) atoms. The van der Waals surface area contributed by atoms with Crippen LogP contribution < -0.4 is 10.5 Å². The van der Waals surface area contributed by atoms with Crippen molar-refractivity contribution in [2.75, 3.05) is 33.5 Å². The Morgan fingerprint density at radius 1 is 1.37 bits per heavy atom. The van der Waals surface area contributed by atoms with Crippen molar-refractivity contribution in [3.05, 3.63) is 23.9 Å². The summed E-state index contributed by atoms with van der Waals surface area (Å²) in [7, 11) is 1.66. The topological polar surface area (TPSA) is 99.2 Å². The standard InChI is InChI=1S/C12H19N3O4/c1-17-5-2-6-18-7-8-19-11-9-10(3-4-14-11)12(13)15-16/h3-4,9,16H,2,5-8H2,1H3,(H2,13,15). The van der Waals surface area contributed by atoms with Gasteiger partial charge in [-0.05, 0) is 12.5 Å². The van der Waals surface area contributed by atoms with Gasteiger partial charge in [-0.15, -0.1) is 0 Å². The third-order valence-electron chi connectivity index (χ3n) is 2.25. The van der Waals surface area contributed by atoms with Gasteiger partial charge in [0.1, 0.15) is 6.61 Å². The van der Waals surface area contributed by atoms with Gasteiger partial charge in [0.2, 0.25) is 5.88 Å². The first-order valence-corrected chi connectivity index (χ1v) is 5.91. The molecule has 1 heterocycles. The summed E-state index contributed by atoms with van der Waals surface area (Å²) in [6.07, 6.45) is 2.38. The van der Waals surface area contributed by atoms with E-state index in [9.17, 15) is 0 Å². The van der Waals surface area contributed by atoms with Crippen LogP contribution in [0.2, 0.25) is 0 Å². The number of nitrogens with zero attached hydrogens (tertiary/aromatic N) is 2. The van der Waals surface area contributed by atoms with E-state index in [1.54, 1.807) is 19.2 Å². The van der Waals surface area contributed by atoms with Crippen molar-refractivity contribution in [1.82, 2.24) is 4.98 Å². The molecule has 7 heteroatoms. The second kappa shape index (κ2) is 9.12. The van der Waals surface area contributed by atoms with Crippen molar-refractivity contribution < 1.29 is 19.4 Å². The molecule has 0 aliphatic heterocycles. The highest BCUT2D eigenvalue weighted by molar-refractivity contribution is 5.97. The zero-order chi connectivity index (χ0) is 13.9. The Balaban J connectivity index is 2.26. The van der Waals surface area contributed by atoms with E-state index in [1.807, 2.05) is 0 Å². The molecule has 0 bridgehead atoms. The summed E-state index contributed by atoms with van der Waals surface area (Å²) in [5.74, 6) is 0.424. The molecule has 1 aromatic rings. The fourth-order valence-corrected chi connectivity index (χ4v) is 1.32. The number of ether oxygens (including phenoxy) is 3. The predicted molar refractivity (Wildman–Crippen MR) is 69.6 cm³/mol. The summed E-state index contributed by atoms with van der Waals surface area (Å²) in [6, 6.07) is 3.23. The number of aromatic nitrogens is 1. The molecule has 0 aliphatic rings. The summed E-state index contributed by atoms with van der Waals surface area (Å²) in [4.78, 5) is 4.01. The second-order valence-corrected chi connectivity index (χ2v) is 3.68. The Morgan fingerprint density at radius 3 is 2.95 bits per heavy atom. The number of hydrogen-bond donors (Lipinski definition) is 2. The molecule has 1 rings (SSSR count). The smallest absolute Gasteiger partial charge is 0.213 e. The number of hydrogen-bond acceptors (Lipinski definition) is 6. The van der Waals surface area contributed by atoms with Gasteiger partial charge in [-0.25, -0.2) is 4.98 Å². The molecule has 0 atom stereocenters. The van der Waals surface area contributed by atoms with E-state index in [4.69, 9.17) is 25.2 Å². The second-order valence-electron chi connectivity index (χ2n) is 3.68. The summed E-state index contributed by atoms with van der Waals surface area (Å²) in [5, 5.41) is 11.5. The van der Waals surface area contributed by atoms with Crippen LogP contribution in [0.25, 0.3) is 0 Å². The number of nitrogens with two attached hydrogens (primary N) is 1. The number of methoxy groups -OCH3 is 1. The first-order valence-electron chi connectivity index (χ1n) is 5.91. The average molecular weight is 269 g/mol.